The Morgan fingerprint density at radius 3 is 2.00 bits per heavy atom. The van der Waals surface area contributed by atoms with Gasteiger partial charge in [0.05, 0.1) is 11.4 Å². The minimum absolute atomic E-state index is 0.127. The van der Waals surface area contributed by atoms with Gasteiger partial charge in [-0.1, -0.05) is 19.9 Å². The van der Waals surface area contributed by atoms with E-state index < -0.39 is 10.0 Å². The highest BCUT2D eigenvalue weighted by Crippen LogP contribution is 2.18. The molecule has 0 radical (unpaired) electrons. The van der Waals surface area contributed by atoms with E-state index in [4.69, 9.17) is 0 Å². The topological polar surface area (TPSA) is 78.5 Å². The van der Waals surface area contributed by atoms with E-state index in [0.29, 0.717) is 18.8 Å². The molecule has 0 aromatic heterocycles. The Labute approximate surface area is 161 Å². The summed E-state index contributed by atoms with van der Waals surface area (Å²) in [6.07, 6.45) is 0. The van der Waals surface area contributed by atoms with Crippen molar-refractivity contribution in [3.63, 3.8) is 0 Å². The molecule has 2 aromatic carbocycles. The van der Waals surface area contributed by atoms with Crippen molar-refractivity contribution in [3.8, 4) is 0 Å². The maximum Gasteiger partial charge on any atom is 0.243 e. The molecule has 0 aliphatic heterocycles. The van der Waals surface area contributed by atoms with E-state index in [9.17, 15) is 13.2 Å². The van der Waals surface area contributed by atoms with Crippen LogP contribution >= 0.6 is 0 Å². The van der Waals surface area contributed by atoms with Crippen LogP contribution in [0.2, 0.25) is 0 Å². The monoisotopic (exact) mass is 389 g/mol. The van der Waals surface area contributed by atoms with Crippen molar-refractivity contribution in [2.75, 3.05) is 30.3 Å². The van der Waals surface area contributed by atoms with Gasteiger partial charge in [-0.3, -0.25) is 4.79 Å². The molecule has 7 heteroatoms. The third-order valence-electron chi connectivity index (χ3n) is 4.16. The lowest BCUT2D eigenvalue weighted by molar-refractivity contribution is -0.114. The van der Waals surface area contributed by atoms with Crippen LogP contribution in [0, 0.1) is 13.8 Å². The summed E-state index contributed by atoms with van der Waals surface area (Å²) in [7, 11) is -3.49. The van der Waals surface area contributed by atoms with E-state index in [1.54, 1.807) is 26.0 Å². The summed E-state index contributed by atoms with van der Waals surface area (Å²) in [5.41, 5.74) is 3.70. The predicted molar refractivity (Wildman–Crippen MR) is 110 cm³/mol. The first-order valence-corrected chi connectivity index (χ1v) is 10.4. The summed E-state index contributed by atoms with van der Waals surface area (Å²) in [6.45, 7) is 8.58. The molecule has 0 saturated carbocycles. The third-order valence-corrected chi connectivity index (χ3v) is 6.22. The molecule has 0 bridgehead atoms. The Morgan fingerprint density at radius 2 is 1.48 bits per heavy atom. The predicted octanol–water partition coefficient (Wildman–Crippen LogP) is 3.38. The first kappa shape index (κ1) is 20.9. The Kier molecular flexibility index (Phi) is 6.98. The van der Waals surface area contributed by atoms with E-state index in [0.717, 1.165) is 16.8 Å². The number of hydrogen-bond donors (Lipinski definition) is 2. The molecule has 0 aliphatic carbocycles. The average molecular weight is 390 g/mol. The van der Waals surface area contributed by atoms with Crippen molar-refractivity contribution in [2.24, 2.45) is 0 Å². The van der Waals surface area contributed by atoms with Crippen molar-refractivity contribution >= 4 is 27.3 Å². The number of aryl methyl sites for hydroxylation is 2. The Balaban J connectivity index is 1.98. The lowest BCUT2D eigenvalue weighted by Gasteiger charge is -2.18. The van der Waals surface area contributed by atoms with Gasteiger partial charge < -0.3 is 10.6 Å². The van der Waals surface area contributed by atoms with Crippen molar-refractivity contribution in [1.82, 2.24) is 4.31 Å². The smallest absolute Gasteiger partial charge is 0.243 e. The van der Waals surface area contributed by atoms with Gasteiger partial charge in [0.1, 0.15) is 0 Å². The summed E-state index contributed by atoms with van der Waals surface area (Å²) in [5, 5.41) is 5.86. The Morgan fingerprint density at radius 1 is 0.926 bits per heavy atom. The molecular weight excluding hydrogens is 362 g/mol. The van der Waals surface area contributed by atoms with Crippen LogP contribution in [-0.4, -0.2) is 38.3 Å². The third kappa shape index (κ3) is 5.55. The standard InChI is InChI=1S/C20H27N3O3S/c1-5-23(6-2)27(25,26)19-9-7-17(8-10-19)22-20(24)14-21-18-12-15(3)11-16(4)13-18/h7-13,21H,5-6,14H2,1-4H3,(H,22,24). The average Bonchev–Trinajstić information content (AvgIpc) is 2.60. The molecule has 2 N–H and O–H groups in total. The van der Waals surface area contributed by atoms with Gasteiger partial charge in [0.2, 0.25) is 15.9 Å². The number of carbonyl (C=O) groups excluding carboxylic acids is 1. The fourth-order valence-corrected chi connectivity index (χ4v) is 4.35. The fraction of sp³-hybridized carbons (Fsp3) is 0.350. The van der Waals surface area contributed by atoms with Crippen LogP contribution in [0.1, 0.15) is 25.0 Å². The molecule has 0 heterocycles. The quantitative estimate of drug-likeness (QED) is 0.725. The number of anilines is 2. The van der Waals surface area contributed by atoms with E-state index in [2.05, 4.69) is 16.7 Å². The number of hydrogen-bond acceptors (Lipinski definition) is 4. The summed E-state index contributed by atoms with van der Waals surface area (Å²) < 4.78 is 26.3. The van der Waals surface area contributed by atoms with Gasteiger partial charge in [-0.15, -0.1) is 0 Å². The summed E-state index contributed by atoms with van der Waals surface area (Å²) in [6, 6.07) is 12.3. The van der Waals surface area contributed by atoms with Gasteiger partial charge in [0.15, 0.2) is 0 Å². The van der Waals surface area contributed by atoms with Crippen LogP contribution in [0.15, 0.2) is 47.4 Å². The van der Waals surface area contributed by atoms with Crippen molar-refractivity contribution < 1.29 is 13.2 Å². The van der Waals surface area contributed by atoms with E-state index in [1.807, 2.05) is 26.0 Å². The van der Waals surface area contributed by atoms with Crippen LogP contribution in [-0.2, 0) is 14.8 Å². The van der Waals surface area contributed by atoms with Crippen LogP contribution < -0.4 is 10.6 Å². The molecule has 2 rings (SSSR count). The number of amides is 1. The summed E-state index contributed by atoms with van der Waals surface area (Å²) in [5.74, 6) is -0.200. The fourth-order valence-electron chi connectivity index (χ4n) is 2.89. The molecule has 2 aromatic rings. The zero-order chi connectivity index (χ0) is 20.0. The molecule has 0 aliphatic rings. The van der Waals surface area contributed by atoms with Crippen molar-refractivity contribution in [3.05, 3.63) is 53.6 Å². The van der Waals surface area contributed by atoms with Crippen LogP contribution in [0.3, 0.4) is 0 Å². The largest absolute Gasteiger partial charge is 0.376 e. The van der Waals surface area contributed by atoms with E-state index in [1.165, 1.54) is 16.4 Å². The number of sulfonamides is 1. The van der Waals surface area contributed by atoms with Crippen molar-refractivity contribution in [2.45, 2.75) is 32.6 Å². The second kappa shape index (κ2) is 9.01. The normalized spacial score (nSPS) is 11.4. The zero-order valence-corrected chi connectivity index (χ0v) is 17.1. The molecule has 27 heavy (non-hydrogen) atoms. The van der Waals surface area contributed by atoms with E-state index in [-0.39, 0.29) is 17.3 Å². The van der Waals surface area contributed by atoms with Gasteiger partial charge in [-0.2, -0.15) is 4.31 Å². The van der Waals surface area contributed by atoms with Gasteiger partial charge in [0.25, 0.3) is 0 Å². The van der Waals surface area contributed by atoms with Gasteiger partial charge in [0, 0.05) is 24.5 Å². The SMILES string of the molecule is CCN(CC)S(=O)(=O)c1ccc(NC(=O)CNc2cc(C)cc(C)c2)cc1. The highest BCUT2D eigenvalue weighted by atomic mass is 32.2. The van der Waals surface area contributed by atoms with Crippen LogP contribution in [0.5, 0.6) is 0 Å². The minimum atomic E-state index is -3.49. The zero-order valence-electron chi connectivity index (χ0n) is 16.2. The summed E-state index contributed by atoms with van der Waals surface area (Å²) >= 11 is 0. The lowest BCUT2D eigenvalue weighted by atomic mass is 10.1. The van der Waals surface area contributed by atoms with Gasteiger partial charge >= 0.3 is 0 Å². The second-order valence-corrected chi connectivity index (χ2v) is 8.33. The maximum atomic E-state index is 12.5. The molecular formula is C20H27N3O3S. The molecule has 0 saturated heterocycles. The van der Waals surface area contributed by atoms with Gasteiger partial charge in [-0.05, 0) is 61.4 Å². The second-order valence-electron chi connectivity index (χ2n) is 6.39. The molecule has 6 nitrogen and oxygen atoms in total. The number of carbonyl (C=O) groups is 1. The number of benzene rings is 2. The molecule has 1 amide bonds. The van der Waals surface area contributed by atoms with Crippen LogP contribution in [0.4, 0.5) is 11.4 Å². The lowest BCUT2D eigenvalue weighted by Crippen LogP contribution is -2.30. The molecule has 0 spiro atoms. The number of rotatable bonds is 8. The highest BCUT2D eigenvalue weighted by molar-refractivity contribution is 7.89. The Bertz CT molecular complexity index is 869. The molecule has 0 unspecified atom stereocenters. The minimum Gasteiger partial charge on any atom is -0.376 e. The number of nitrogens with one attached hydrogen (secondary N) is 2. The van der Waals surface area contributed by atoms with Gasteiger partial charge in [-0.25, -0.2) is 8.42 Å². The maximum absolute atomic E-state index is 12.5. The Hall–Kier alpha value is -2.38. The molecule has 0 fully saturated rings. The van der Waals surface area contributed by atoms with Crippen LogP contribution in [0.25, 0.3) is 0 Å². The number of nitrogens with zero attached hydrogens (tertiary/aromatic N) is 1. The molecule has 0 atom stereocenters. The van der Waals surface area contributed by atoms with Crippen molar-refractivity contribution in [1.29, 1.82) is 0 Å². The highest BCUT2D eigenvalue weighted by Gasteiger charge is 2.21. The first-order valence-electron chi connectivity index (χ1n) is 8.98. The molecule has 146 valence electrons. The first-order chi connectivity index (χ1) is 12.8. The summed E-state index contributed by atoms with van der Waals surface area (Å²) in [4.78, 5) is 12.4. The van der Waals surface area contributed by atoms with E-state index >= 15 is 0 Å².